The summed E-state index contributed by atoms with van der Waals surface area (Å²) >= 11 is 3.05. The van der Waals surface area contributed by atoms with Crippen LogP contribution in [0.4, 0.5) is 10.1 Å². The van der Waals surface area contributed by atoms with Crippen molar-refractivity contribution in [3.8, 4) is 11.5 Å². The van der Waals surface area contributed by atoms with Gasteiger partial charge in [0.2, 0.25) is 0 Å². The molecule has 0 saturated carbocycles. The van der Waals surface area contributed by atoms with Crippen LogP contribution < -0.4 is 10.5 Å². The number of anilines is 1. The van der Waals surface area contributed by atoms with Crippen molar-refractivity contribution < 1.29 is 18.7 Å². The van der Waals surface area contributed by atoms with Crippen molar-refractivity contribution in [2.75, 3.05) is 12.8 Å². The molecule has 0 amide bonds. The fraction of sp³-hybridized carbons (Fsp3) is 0.0714. The number of rotatable bonds is 3. The van der Waals surface area contributed by atoms with Crippen LogP contribution in [0.5, 0.6) is 11.5 Å². The number of para-hydroxylation sites is 1. The molecule has 0 aliphatic carbocycles. The number of nitrogens with two attached hydrogens (primary N) is 1. The minimum Gasteiger partial charge on any atom is -0.465 e. The molecule has 0 radical (unpaired) electrons. The topological polar surface area (TPSA) is 61.5 Å². The molecule has 2 rings (SSSR count). The van der Waals surface area contributed by atoms with E-state index in [0.717, 1.165) is 0 Å². The highest BCUT2D eigenvalue weighted by Gasteiger charge is 2.16. The van der Waals surface area contributed by atoms with Crippen LogP contribution in [0.1, 0.15) is 10.4 Å². The largest absolute Gasteiger partial charge is 0.465 e. The van der Waals surface area contributed by atoms with Crippen molar-refractivity contribution in [3.63, 3.8) is 0 Å². The number of carbonyl (C=O) groups is 1. The summed E-state index contributed by atoms with van der Waals surface area (Å²) in [5.41, 5.74) is 6.23. The summed E-state index contributed by atoms with van der Waals surface area (Å²) < 4.78 is 23.9. The molecule has 0 unspecified atom stereocenters. The normalized spacial score (nSPS) is 10.2. The fourth-order valence-electron chi connectivity index (χ4n) is 1.60. The van der Waals surface area contributed by atoms with Gasteiger partial charge in [0.15, 0.2) is 5.75 Å². The zero-order chi connectivity index (χ0) is 14.7. The average Bonchev–Trinajstić information content (AvgIpc) is 2.44. The van der Waals surface area contributed by atoms with E-state index in [4.69, 9.17) is 10.5 Å². The van der Waals surface area contributed by atoms with E-state index in [0.29, 0.717) is 4.47 Å². The van der Waals surface area contributed by atoms with E-state index in [1.807, 2.05) is 0 Å². The standard InChI is InChI=1S/C14H11BrFNO3/c1-19-14(18)9-3-2-4-12(17)13(9)20-8-5-6-10(15)11(16)7-8/h2-7H,17H2,1H3. The van der Waals surface area contributed by atoms with Crippen LogP contribution in [0.2, 0.25) is 0 Å². The molecule has 0 aliphatic rings. The summed E-state index contributed by atoms with van der Waals surface area (Å²) in [4.78, 5) is 11.7. The zero-order valence-electron chi connectivity index (χ0n) is 10.5. The monoisotopic (exact) mass is 339 g/mol. The van der Waals surface area contributed by atoms with E-state index in [1.54, 1.807) is 18.2 Å². The first kappa shape index (κ1) is 14.3. The minimum absolute atomic E-state index is 0.140. The smallest absolute Gasteiger partial charge is 0.341 e. The SMILES string of the molecule is COC(=O)c1cccc(N)c1Oc1ccc(Br)c(F)c1. The lowest BCUT2D eigenvalue weighted by Gasteiger charge is -2.12. The maximum atomic E-state index is 13.5. The van der Waals surface area contributed by atoms with Crippen LogP contribution in [0.15, 0.2) is 40.9 Å². The van der Waals surface area contributed by atoms with E-state index in [-0.39, 0.29) is 22.7 Å². The lowest BCUT2D eigenvalue weighted by Crippen LogP contribution is -2.05. The highest BCUT2D eigenvalue weighted by molar-refractivity contribution is 9.10. The maximum Gasteiger partial charge on any atom is 0.341 e. The highest BCUT2D eigenvalue weighted by Crippen LogP contribution is 2.33. The molecule has 6 heteroatoms. The summed E-state index contributed by atoms with van der Waals surface area (Å²) in [5, 5.41) is 0. The number of ether oxygens (including phenoxy) is 2. The lowest BCUT2D eigenvalue weighted by molar-refractivity contribution is 0.0598. The molecular formula is C14H11BrFNO3. The Labute approximate surface area is 123 Å². The molecule has 2 aromatic rings. The third-order valence-corrected chi connectivity index (χ3v) is 3.20. The Kier molecular flexibility index (Phi) is 4.24. The van der Waals surface area contributed by atoms with Crippen molar-refractivity contribution in [1.29, 1.82) is 0 Å². The molecule has 0 aliphatic heterocycles. The second kappa shape index (κ2) is 5.92. The van der Waals surface area contributed by atoms with Gasteiger partial charge >= 0.3 is 5.97 Å². The number of hydrogen-bond acceptors (Lipinski definition) is 4. The van der Waals surface area contributed by atoms with E-state index in [2.05, 4.69) is 20.7 Å². The van der Waals surface area contributed by atoms with Crippen LogP contribution in [0.25, 0.3) is 0 Å². The molecule has 2 N–H and O–H groups in total. The van der Waals surface area contributed by atoms with Crippen molar-refractivity contribution in [3.05, 3.63) is 52.3 Å². The van der Waals surface area contributed by atoms with Gasteiger partial charge in [-0.1, -0.05) is 6.07 Å². The summed E-state index contributed by atoms with van der Waals surface area (Å²) in [7, 11) is 1.26. The van der Waals surface area contributed by atoms with Gasteiger partial charge in [-0.25, -0.2) is 9.18 Å². The fourth-order valence-corrected chi connectivity index (χ4v) is 1.84. The summed E-state index contributed by atoms with van der Waals surface area (Å²) in [6.45, 7) is 0. The molecule has 0 heterocycles. The molecule has 2 aromatic carbocycles. The summed E-state index contributed by atoms with van der Waals surface area (Å²) in [6, 6.07) is 8.96. The van der Waals surface area contributed by atoms with Crippen LogP contribution in [0.3, 0.4) is 0 Å². The Hall–Kier alpha value is -2.08. The van der Waals surface area contributed by atoms with Gasteiger partial charge < -0.3 is 15.2 Å². The Morgan fingerprint density at radius 3 is 2.70 bits per heavy atom. The number of carbonyl (C=O) groups excluding carboxylic acids is 1. The van der Waals surface area contributed by atoms with Gasteiger partial charge in [-0.05, 0) is 40.2 Å². The number of benzene rings is 2. The van der Waals surface area contributed by atoms with E-state index >= 15 is 0 Å². The van der Waals surface area contributed by atoms with Gasteiger partial charge in [-0.15, -0.1) is 0 Å². The third-order valence-electron chi connectivity index (χ3n) is 2.56. The van der Waals surface area contributed by atoms with E-state index in [9.17, 15) is 9.18 Å². The van der Waals surface area contributed by atoms with Gasteiger partial charge in [-0.3, -0.25) is 0 Å². The minimum atomic E-state index is -0.579. The van der Waals surface area contributed by atoms with E-state index in [1.165, 1.54) is 25.3 Å². The lowest BCUT2D eigenvalue weighted by atomic mass is 10.1. The number of hydrogen-bond donors (Lipinski definition) is 1. The van der Waals surface area contributed by atoms with Crippen molar-refractivity contribution in [2.45, 2.75) is 0 Å². The predicted molar refractivity (Wildman–Crippen MR) is 76.4 cm³/mol. The first-order valence-electron chi connectivity index (χ1n) is 5.62. The van der Waals surface area contributed by atoms with Gasteiger partial charge in [-0.2, -0.15) is 0 Å². The molecule has 104 valence electrons. The number of nitrogen functional groups attached to an aromatic ring is 1. The molecule has 0 bridgehead atoms. The van der Waals surface area contributed by atoms with Crippen LogP contribution in [-0.2, 0) is 4.74 Å². The Bertz CT molecular complexity index is 661. The average molecular weight is 340 g/mol. The van der Waals surface area contributed by atoms with Crippen LogP contribution in [-0.4, -0.2) is 13.1 Å². The summed E-state index contributed by atoms with van der Waals surface area (Å²) in [6.07, 6.45) is 0. The third kappa shape index (κ3) is 2.91. The van der Waals surface area contributed by atoms with Gasteiger partial charge in [0.1, 0.15) is 17.1 Å². The number of esters is 1. The van der Waals surface area contributed by atoms with Gasteiger partial charge in [0.05, 0.1) is 17.3 Å². The molecule has 0 spiro atoms. The van der Waals surface area contributed by atoms with Crippen LogP contribution in [0, 0.1) is 5.82 Å². The van der Waals surface area contributed by atoms with E-state index < -0.39 is 11.8 Å². The van der Waals surface area contributed by atoms with Crippen molar-refractivity contribution in [2.24, 2.45) is 0 Å². The van der Waals surface area contributed by atoms with Crippen LogP contribution >= 0.6 is 15.9 Å². The number of halogens is 2. The molecule has 0 fully saturated rings. The van der Waals surface area contributed by atoms with Gasteiger partial charge in [0, 0.05) is 6.07 Å². The molecule has 4 nitrogen and oxygen atoms in total. The summed E-state index contributed by atoms with van der Waals surface area (Å²) in [5.74, 6) is -0.684. The predicted octanol–water partition coefficient (Wildman–Crippen LogP) is 3.75. The molecule has 20 heavy (non-hydrogen) atoms. The Morgan fingerprint density at radius 1 is 1.30 bits per heavy atom. The molecular weight excluding hydrogens is 329 g/mol. The van der Waals surface area contributed by atoms with Crippen molar-refractivity contribution in [1.82, 2.24) is 0 Å². The second-order valence-electron chi connectivity index (χ2n) is 3.89. The second-order valence-corrected chi connectivity index (χ2v) is 4.75. The quantitative estimate of drug-likeness (QED) is 0.683. The van der Waals surface area contributed by atoms with Crippen molar-refractivity contribution >= 4 is 27.6 Å². The molecule has 0 aromatic heterocycles. The first-order chi connectivity index (χ1) is 9.52. The number of methoxy groups -OCH3 is 1. The Morgan fingerprint density at radius 2 is 2.05 bits per heavy atom. The first-order valence-corrected chi connectivity index (χ1v) is 6.42. The maximum absolute atomic E-state index is 13.5. The zero-order valence-corrected chi connectivity index (χ0v) is 12.1. The van der Waals surface area contributed by atoms with Gasteiger partial charge in [0.25, 0.3) is 0 Å². The molecule has 0 atom stereocenters. The Balaban J connectivity index is 2.42. The molecule has 0 saturated heterocycles. The highest BCUT2D eigenvalue weighted by atomic mass is 79.9.